The van der Waals surface area contributed by atoms with Gasteiger partial charge in [0, 0.05) is 12.3 Å². The molecule has 0 spiro atoms. The van der Waals surface area contributed by atoms with Crippen molar-refractivity contribution < 1.29 is 18.4 Å². The third-order valence-corrected chi connectivity index (χ3v) is 2.37. The Hall–Kier alpha value is -2.63. The highest BCUT2D eigenvalue weighted by Crippen LogP contribution is 2.14. The smallest absolute Gasteiger partial charge is 0.259 e. The van der Waals surface area contributed by atoms with Crippen molar-refractivity contribution in [1.82, 2.24) is 4.98 Å². The van der Waals surface area contributed by atoms with Crippen molar-refractivity contribution in [3.63, 3.8) is 0 Å². The van der Waals surface area contributed by atoms with Gasteiger partial charge in [0.15, 0.2) is 6.29 Å². The normalized spacial score (nSPS) is 10.0. The fraction of sp³-hybridized carbons (Fsp3) is 0. The Kier molecular flexibility index (Phi) is 3.61. The van der Waals surface area contributed by atoms with E-state index < -0.39 is 17.5 Å². The molecule has 19 heavy (non-hydrogen) atoms. The van der Waals surface area contributed by atoms with Gasteiger partial charge in [0.2, 0.25) is 0 Å². The zero-order chi connectivity index (χ0) is 13.8. The van der Waals surface area contributed by atoms with Gasteiger partial charge in [0.25, 0.3) is 5.91 Å². The van der Waals surface area contributed by atoms with Gasteiger partial charge in [-0.1, -0.05) is 0 Å². The van der Waals surface area contributed by atoms with Gasteiger partial charge < -0.3 is 5.32 Å². The summed E-state index contributed by atoms with van der Waals surface area (Å²) in [4.78, 5) is 26.3. The Morgan fingerprint density at radius 1 is 1.26 bits per heavy atom. The number of halogens is 2. The van der Waals surface area contributed by atoms with Gasteiger partial charge in [-0.05, 0) is 24.3 Å². The Labute approximate surface area is 107 Å². The van der Waals surface area contributed by atoms with E-state index in [1.54, 1.807) is 0 Å². The minimum atomic E-state index is -0.985. The predicted molar refractivity (Wildman–Crippen MR) is 63.9 cm³/mol. The maximum atomic E-state index is 13.4. The number of nitrogens with one attached hydrogen (secondary N) is 1. The number of rotatable bonds is 3. The molecular weight excluding hydrogens is 254 g/mol. The summed E-state index contributed by atoms with van der Waals surface area (Å²) < 4.78 is 26.1. The Bertz CT molecular complexity index is 644. The molecular formula is C13H8F2N2O2. The van der Waals surface area contributed by atoms with E-state index in [0.717, 1.165) is 12.1 Å². The van der Waals surface area contributed by atoms with Crippen LogP contribution in [-0.2, 0) is 0 Å². The molecule has 0 saturated carbocycles. The molecule has 1 aromatic carbocycles. The van der Waals surface area contributed by atoms with Gasteiger partial charge in [-0.3, -0.25) is 9.59 Å². The number of aldehydes is 1. The van der Waals surface area contributed by atoms with Gasteiger partial charge in [0.1, 0.15) is 17.5 Å². The maximum Gasteiger partial charge on any atom is 0.259 e. The summed E-state index contributed by atoms with van der Waals surface area (Å²) >= 11 is 0. The van der Waals surface area contributed by atoms with Crippen LogP contribution in [0.3, 0.4) is 0 Å². The predicted octanol–water partition coefficient (Wildman–Crippen LogP) is 2.42. The monoisotopic (exact) mass is 262 g/mol. The van der Waals surface area contributed by atoms with Crippen LogP contribution in [0.4, 0.5) is 14.6 Å². The van der Waals surface area contributed by atoms with Crippen LogP contribution in [0.2, 0.25) is 0 Å². The summed E-state index contributed by atoms with van der Waals surface area (Å²) in [6.45, 7) is 0. The van der Waals surface area contributed by atoms with Gasteiger partial charge in [-0.2, -0.15) is 0 Å². The number of benzene rings is 1. The van der Waals surface area contributed by atoms with Crippen LogP contribution < -0.4 is 5.32 Å². The third kappa shape index (κ3) is 2.79. The number of hydrogen-bond donors (Lipinski definition) is 1. The average molecular weight is 262 g/mol. The van der Waals surface area contributed by atoms with Crippen molar-refractivity contribution in [2.24, 2.45) is 0 Å². The first kappa shape index (κ1) is 12.8. The van der Waals surface area contributed by atoms with Crippen LogP contribution in [-0.4, -0.2) is 17.2 Å². The van der Waals surface area contributed by atoms with Crippen LogP contribution in [0.5, 0.6) is 0 Å². The first-order chi connectivity index (χ1) is 9.11. The second-order valence-corrected chi connectivity index (χ2v) is 3.64. The Balaban J connectivity index is 2.28. The molecule has 0 saturated heterocycles. The first-order valence-electron chi connectivity index (χ1n) is 5.28. The van der Waals surface area contributed by atoms with Crippen LogP contribution in [0.25, 0.3) is 0 Å². The van der Waals surface area contributed by atoms with Crippen LogP contribution >= 0.6 is 0 Å². The van der Waals surface area contributed by atoms with E-state index in [2.05, 4.69) is 10.3 Å². The number of carbonyl (C=O) groups excluding carboxylic acids is 2. The molecule has 2 aromatic rings. The van der Waals surface area contributed by atoms with Gasteiger partial charge in [0.05, 0.1) is 11.1 Å². The number of pyridine rings is 1. The van der Waals surface area contributed by atoms with Crippen LogP contribution in [0.15, 0.2) is 36.5 Å². The third-order valence-electron chi connectivity index (χ3n) is 2.37. The summed E-state index contributed by atoms with van der Waals surface area (Å²) in [6.07, 6.45) is 1.90. The first-order valence-corrected chi connectivity index (χ1v) is 5.28. The highest BCUT2D eigenvalue weighted by Gasteiger charge is 2.14. The quantitative estimate of drug-likeness (QED) is 0.864. The van der Waals surface area contributed by atoms with Crippen LogP contribution in [0, 0.1) is 11.6 Å². The highest BCUT2D eigenvalue weighted by molar-refractivity contribution is 6.05. The molecule has 96 valence electrons. The lowest BCUT2D eigenvalue weighted by molar-refractivity contribution is 0.102. The maximum absolute atomic E-state index is 13.4. The lowest BCUT2D eigenvalue weighted by Gasteiger charge is -2.06. The van der Waals surface area contributed by atoms with E-state index in [0.29, 0.717) is 12.4 Å². The van der Waals surface area contributed by atoms with Crippen LogP contribution in [0.1, 0.15) is 20.7 Å². The van der Waals surface area contributed by atoms with Crippen molar-refractivity contribution >= 4 is 18.0 Å². The fourth-order valence-corrected chi connectivity index (χ4v) is 1.47. The van der Waals surface area contributed by atoms with Crippen molar-refractivity contribution in [2.45, 2.75) is 0 Å². The molecule has 1 aromatic heterocycles. The zero-order valence-corrected chi connectivity index (χ0v) is 9.56. The van der Waals surface area contributed by atoms with E-state index in [1.807, 2.05) is 0 Å². The number of anilines is 1. The van der Waals surface area contributed by atoms with E-state index in [4.69, 9.17) is 0 Å². The molecule has 0 fully saturated rings. The van der Waals surface area contributed by atoms with E-state index in [-0.39, 0.29) is 16.9 Å². The number of amides is 1. The molecule has 1 N–H and O–H groups in total. The van der Waals surface area contributed by atoms with Crippen molar-refractivity contribution in [3.05, 3.63) is 59.3 Å². The molecule has 6 heteroatoms. The molecule has 0 unspecified atom stereocenters. The van der Waals surface area contributed by atoms with Gasteiger partial charge in [-0.15, -0.1) is 0 Å². The number of aromatic nitrogens is 1. The molecule has 0 aliphatic carbocycles. The Morgan fingerprint density at radius 3 is 2.74 bits per heavy atom. The molecule has 0 atom stereocenters. The Morgan fingerprint density at radius 2 is 2.05 bits per heavy atom. The molecule has 0 aliphatic rings. The second-order valence-electron chi connectivity index (χ2n) is 3.64. The van der Waals surface area contributed by atoms with Gasteiger partial charge >= 0.3 is 0 Å². The highest BCUT2D eigenvalue weighted by atomic mass is 19.1. The lowest BCUT2D eigenvalue weighted by atomic mass is 10.2. The summed E-state index contributed by atoms with van der Waals surface area (Å²) in [5, 5.41) is 2.29. The average Bonchev–Trinajstić information content (AvgIpc) is 2.39. The second kappa shape index (κ2) is 5.34. The topological polar surface area (TPSA) is 59.1 Å². The number of carbonyl (C=O) groups is 2. The van der Waals surface area contributed by atoms with Crippen molar-refractivity contribution in [3.8, 4) is 0 Å². The summed E-state index contributed by atoms with van der Waals surface area (Å²) in [5.41, 5.74) is -0.165. The van der Waals surface area contributed by atoms with Gasteiger partial charge in [-0.25, -0.2) is 13.8 Å². The lowest BCUT2D eigenvalue weighted by Crippen LogP contribution is -2.16. The number of hydrogen-bond acceptors (Lipinski definition) is 3. The molecule has 1 amide bonds. The molecule has 1 heterocycles. The van der Waals surface area contributed by atoms with E-state index in [1.165, 1.54) is 18.3 Å². The standard InChI is InChI=1S/C13H8F2N2O2/c14-9-3-4-10(11(15)6-9)13(19)17-12-8(7-18)2-1-5-16-12/h1-7H,(H,16,17,19). The molecule has 2 rings (SSSR count). The summed E-state index contributed by atoms with van der Waals surface area (Å²) in [6, 6.07) is 5.57. The van der Waals surface area contributed by atoms with Crippen molar-refractivity contribution in [1.29, 1.82) is 0 Å². The number of nitrogens with zero attached hydrogens (tertiary/aromatic N) is 1. The molecule has 0 aliphatic heterocycles. The summed E-state index contributed by atoms with van der Waals surface area (Å²) in [5.74, 6) is -2.55. The van der Waals surface area contributed by atoms with Crippen molar-refractivity contribution in [2.75, 3.05) is 5.32 Å². The zero-order valence-electron chi connectivity index (χ0n) is 9.56. The molecule has 0 radical (unpaired) electrons. The molecule has 0 bridgehead atoms. The van der Waals surface area contributed by atoms with E-state index in [9.17, 15) is 18.4 Å². The summed E-state index contributed by atoms with van der Waals surface area (Å²) in [7, 11) is 0. The fourth-order valence-electron chi connectivity index (χ4n) is 1.47. The minimum absolute atomic E-state index is 0.0197. The minimum Gasteiger partial charge on any atom is -0.306 e. The van der Waals surface area contributed by atoms with E-state index >= 15 is 0 Å². The molecule has 4 nitrogen and oxygen atoms in total. The SMILES string of the molecule is O=Cc1cccnc1NC(=O)c1ccc(F)cc1F. The largest absolute Gasteiger partial charge is 0.306 e.